The lowest BCUT2D eigenvalue weighted by Gasteiger charge is -2.21. The van der Waals surface area contributed by atoms with E-state index in [2.05, 4.69) is 6.92 Å². The number of ether oxygens (including phenoxy) is 1. The summed E-state index contributed by atoms with van der Waals surface area (Å²) in [7, 11) is 0. The Morgan fingerprint density at radius 1 is 1.26 bits per heavy atom. The van der Waals surface area contributed by atoms with E-state index in [1.165, 1.54) is 6.42 Å². The molecule has 0 spiro atoms. The molecule has 2 aromatic rings. The van der Waals surface area contributed by atoms with Crippen molar-refractivity contribution >= 4 is 11.9 Å². The highest BCUT2D eigenvalue weighted by Gasteiger charge is 2.37. The van der Waals surface area contributed by atoms with Crippen molar-refractivity contribution in [1.82, 2.24) is 4.90 Å². The van der Waals surface area contributed by atoms with E-state index in [1.54, 1.807) is 24.3 Å². The minimum Gasteiger partial charge on any atom is -0.482 e. The van der Waals surface area contributed by atoms with Crippen LogP contribution in [-0.4, -0.2) is 34.5 Å². The molecule has 1 aromatic heterocycles. The van der Waals surface area contributed by atoms with Crippen molar-refractivity contribution in [2.75, 3.05) is 6.61 Å². The number of carbonyl (C=O) groups excluding carboxylic acids is 1. The maximum atomic E-state index is 13.0. The summed E-state index contributed by atoms with van der Waals surface area (Å²) < 4.78 is 11.2. The molecule has 1 amide bonds. The van der Waals surface area contributed by atoms with Gasteiger partial charge in [0.15, 0.2) is 6.61 Å². The molecule has 2 atom stereocenters. The molecule has 6 nitrogen and oxygen atoms in total. The topological polar surface area (TPSA) is 80.0 Å². The quantitative estimate of drug-likeness (QED) is 0.768. The first-order valence-corrected chi connectivity index (χ1v) is 9.35. The number of hydrogen-bond acceptors (Lipinski definition) is 4. The van der Waals surface area contributed by atoms with E-state index in [0.29, 0.717) is 29.7 Å². The van der Waals surface area contributed by atoms with Crippen molar-refractivity contribution in [3.8, 4) is 5.75 Å². The third-order valence-corrected chi connectivity index (χ3v) is 5.18. The second-order valence-electron chi connectivity index (χ2n) is 7.50. The minimum absolute atomic E-state index is 0.0870. The van der Waals surface area contributed by atoms with Crippen LogP contribution >= 0.6 is 0 Å². The molecular weight excluding hydrogens is 346 g/mol. The molecule has 0 aliphatic heterocycles. The highest BCUT2D eigenvalue weighted by Crippen LogP contribution is 2.47. The van der Waals surface area contributed by atoms with Gasteiger partial charge in [0.1, 0.15) is 17.3 Å². The van der Waals surface area contributed by atoms with Gasteiger partial charge < -0.3 is 19.2 Å². The number of rotatable bonds is 8. The van der Waals surface area contributed by atoms with Gasteiger partial charge in [-0.05, 0) is 55.5 Å². The van der Waals surface area contributed by atoms with Crippen molar-refractivity contribution in [2.24, 2.45) is 5.92 Å². The summed E-state index contributed by atoms with van der Waals surface area (Å²) in [6.07, 6.45) is 3.16. The highest BCUT2D eigenvalue weighted by molar-refractivity contribution is 5.95. The molecule has 2 aliphatic rings. The SMILES string of the molecule is CC1CC1c1ccc(CN(C(=O)c2cccc(OCC(=O)O)c2)C2CC2)o1. The first kappa shape index (κ1) is 17.6. The van der Waals surface area contributed by atoms with Gasteiger partial charge in [-0.25, -0.2) is 4.79 Å². The maximum absolute atomic E-state index is 13.0. The zero-order valence-electron chi connectivity index (χ0n) is 15.3. The van der Waals surface area contributed by atoms with E-state index in [4.69, 9.17) is 14.3 Å². The summed E-state index contributed by atoms with van der Waals surface area (Å²) in [6.45, 7) is 2.23. The van der Waals surface area contributed by atoms with Gasteiger partial charge in [0.25, 0.3) is 5.91 Å². The molecule has 142 valence electrons. The van der Waals surface area contributed by atoms with Crippen LogP contribution in [0.15, 0.2) is 40.8 Å². The number of carboxylic acids is 1. The standard InChI is InChI=1S/C21H23NO5/c1-13-9-18(13)19-8-7-17(27-19)11-22(15-5-6-15)21(25)14-3-2-4-16(10-14)26-12-20(23)24/h2-4,7-8,10,13,15,18H,5-6,9,11-12H2,1H3,(H,23,24). The van der Waals surface area contributed by atoms with Gasteiger partial charge in [0.2, 0.25) is 0 Å². The number of benzene rings is 1. The molecular formula is C21H23NO5. The van der Waals surface area contributed by atoms with Crippen LogP contribution < -0.4 is 4.74 Å². The van der Waals surface area contributed by atoms with Crippen molar-refractivity contribution in [2.45, 2.75) is 44.7 Å². The largest absolute Gasteiger partial charge is 0.482 e. The van der Waals surface area contributed by atoms with Gasteiger partial charge in [-0.15, -0.1) is 0 Å². The molecule has 0 bridgehead atoms. The molecule has 4 rings (SSSR count). The Morgan fingerprint density at radius 3 is 2.70 bits per heavy atom. The number of amides is 1. The van der Waals surface area contributed by atoms with Crippen molar-refractivity contribution in [1.29, 1.82) is 0 Å². The Bertz CT molecular complexity index is 854. The van der Waals surface area contributed by atoms with E-state index in [-0.39, 0.29) is 11.9 Å². The number of furan rings is 1. The summed E-state index contributed by atoms with van der Waals surface area (Å²) >= 11 is 0. The minimum atomic E-state index is -1.05. The molecule has 1 aromatic carbocycles. The Balaban J connectivity index is 1.47. The summed E-state index contributed by atoms with van der Waals surface area (Å²) in [4.78, 5) is 25.5. The predicted molar refractivity (Wildman–Crippen MR) is 97.7 cm³/mol. The number of carboxylic acid groups (broad SMARTS) is 1. The second kappa shape index (κ2) is 7.10. The lowest BCUT2D eigenvalue weighted by atomic mass is 10.1. The number of carbonyl (C=O) groups is 2. The van der Waals surface area contributed by atoms with E-state index >= 15 is 0 Å². The molecule has 0 saturated heterocycles. The van der Waals surface area contributed by atoms with Gasteiger partial charge in [-0.1, -0.05) is 13.0 Å². The fourth-order valence-electron chi connectivity index (χ4n) is 3.35. The smallest absolute Gasteiger partial charge is 0.341 e. The van der Waals surface area contributed by atoms with Gasteiger partial charge in [0, 0.05) is 17.5 Å². The first-order chi connectivity index (χ1) is 13.0. The van der Waals surface area contributed by atoms with E-state index in [9.17, 15) is 9.59 Å². The van der Waals surface area contributed by atoms with Crippen molar-refractivity contribution in [3.05, 3.63) is 53.5 Å². The molecule has 1 heterocycles. The summed E-state index contributed by atoms with van der Waals surface area (Å²) in [6, 6.07) is 10.9. The maximum Gasteiger partial charge on any atom is 0.341 e. The lowest BCUT2D eigenvalue weighted by Crippen LogP contribution is -2.32. The average Bonchev–Trinajstić information content (AvgIpc) is 3.58. The van der Waals surface area contributed by atoms with Crippen LogP contribution in [0, 0.1) is 5.92 Å². The van der Waals surface area contributed by atoms with Crippen molar-refractivity contribution < 1.29 is 23.8 Å². The van der Waals surface area contributed by atoms with E-state index < -0.39 is 12.6 Å². The molecule has 0 radical (unpaired) electrons. The first-order valence-electron chi connectivity index (χ1n) is 9.35. The van der Waals surface area contributed by atoms with Crippen LogP contribution in [0.5, 0.6) is 5.75 Å². The van der Waals surface area contributed by atoms with Crippen LogP contribution in [0.1, 0.15) is 54.0 Å². The van der Waals surface area contributed by atoms with Gasteiger partial charge in [-0.2, -0.15) is 0 Å². The molecule has 2 fully saturated rings. The Hall–Kier alpha value is -2.76. The fraction of sp³-hybridized carbons (Fsp3) is 0.429. The molecule has 2 saturated carbocycles. The molecule has 2 aliphatic carbocycles. The predicted octanol–water partition coefficient (Wildman–Crippen LogP) is 3.67. The van der Waals surface area contributed by atoms with Crippen LogP contribution in [0.3, 0.4) is 0 Å². The zero-order valence-corrected chi connectivity index (χ0v) is 15.3. The number of aliphatic carboxylic acids is 1. The Morgan fingerprint density at radius 2 is 2.04 bits per heavy atom. The van der Waals surface area contributed by atoms with Crippen LogP contribution in [0.25, 0.3) is 0 Å². The lowest BCUT2D eigenvalue weighted by molar-refractivity contribution is -0.139. The normalized spacial score (nSPS) is 20.9. The van der Waals surface area contributed by atoms with Crippen LogP contribution in [-0.2, 0) is 11.3 Å². The van der Waals surface area contributed by atoms with E-state index in [0.717, 1.165) is 24.4 Å². The Kier molecular flexibility index (Phi) is 4.64. The van der Waals surface area contributed by atoms with Gasteiger partial charge in [-0.3, -0.25) is 4.79 Å². The third-order valence-electron chi connectivity index (χ3n) is 5.18. The van der Waals surface area contributed by atoms with Crippen molar-refractivity contribution in [3.63, 3.8) is 0 Å². The fourth-order valence-corrected chi connectivity index (χ4v) is 3.35. The van der Waals surface area contributed by atoms with Crippen LogP contribution in [0.4, 0.5) is 0 Å². The third kappa shape index (κ3) is 4.15. The summed E-state index contributed by atoms with van der Waals surface area (Å²) in [5, 5.41) is 8.74. The second-order valence-corrected chi connectivity index (χ2v) is 7.50. The molecule has 1 N–H and O–H groups in total. The van der Waals surface area contributed by atoms with Gasteiger partial charge >= 0.3 is 5.97 Å². The Labute approximate surface area is 157 Å². The van der Waals surface area contributed by atoms with Gasteiger partial charge in [0.05, 0.1) is 6.54 Å². The summed E-state index contributed by atoms with van der Waals surface area (Å²) in [5.74, 6) is 2.26. The van der Waals surface area contributed by atoms with Crippen LogP contribution in [0.2, 0.25) is 0 Å². The average molecular weight is 369 g/mol. The number of hydrogen-bond donors (Lipinski definition) is 1. The monoisotopic (exact) mass is 369 g/mol. The summed E-state index contributed by atoms with van der Waals surface area (Å²) in [5.41, 5.74) is 0.493. The molecule has 6 heteroatoms. The molecule has 27 heavy (non-hydrogen) atoms. The highest BCUT2D eigenvalue weighted by atomic mass is 16.5. The number of nitrogens with zero attached hydrogens (tertiary/aromatic N) is 1. The molecule has 2 unspecified atom stereocenters. The zero-order chi connectivity index (χ0) is 19.0. The van der Waals surface area contributed by atoms with E-state index in [1.807, 2.05) is 17.0 Å².